The number of aliphatic carboxylic acids is 1. The zero-order valence-electron chi connectivity index (χ0n) is 7.64. The fraction of sp³-hybridized carbons (Fsp3) is 0.875. The van der Waals surface area contributed by atoms with Crippen molar-refractivity contribution in [1.82, 2.24) is 4.90 Å². The van der Waals surface area contributed by atoms with E-state index in [-0.39, 0.29) is 12.6 Å². The Morgan fingerprint density at radius 2 is 2.31 bits per heavy atom. The number of carbonyl (C=O) groups is 1. The highest BCUT2D eigenvalue weighted by atomic mass is 16.5. The van der Waals surface area contributed by atoms with Crippen LogP contribution in [0, 0.1) is 0 Å². The van der Waals surface area contributed by atoms with Gasteiger partial charge in [-0.05, 0) is 6.92 Å². The van der Waals surface area contributed by atoms with Crippen LogP contribution in [0.5, 0.6) is 0 Å². The summed E-state index contributed by atoms with van der Waals surface area (Å²) in [6.45, 7) is 3.26. The molecule has 0 unspecified atom stereocenters. The molecule has 5 nitrogen and oxygen atoms in total. The first kappa shape index (κ1) is 10.4. The van der Waals surface area contributed by atoms with E-state index in [0.29, 0.717) is 19.7 Å². The number of rotatable bonds is 4. The molecule has 1 aliphatic rings. The van der Waals surface area contributed by atoms with E-state index in [2.05, 4.69) is 0 Å². The third-order valence-corrected chi connectivity index (χ3v) is 2.05. The Morgan fingerprint density at radius 3 is 2.85 bits per heavy atom. The van der Waals surface area contributed by atoms with Gasteiger partial charge in [0.05, 0.1) is 18.8 Å². The Balaban J connectivity index is 2.35. The lowest BCUT2D eigenvalue weighted by molar-refractivity contribution is -0.138. The van der Waals surface area contributed by atoms with Crippen molar-refractivity contribution in [1.29, 1.82) is 0 Å². The van der Waals surface area contributed by atoms with Crippen LogP contribution in [-0.2, 0) is 9.53 Å². The van der Waals surface area contributed by atoms with E-state index in [1.807, 2.05) is 6.92 Å². The number of ether oxygens (including phenoxy) is 1. The van der Waals surface area contributed by atoms with Gasteiger partial charge >= 0.3 is 5.97 Å². The lowest BCUT2D eigenvalue weighted by Crippen LogP contribution is -2.28. The quantitative estimate of drug-likeness (QED) is 0.603. The highest BCUT2D eigenvalue weighted by Crippen LogP contribution is 2.12. The molecule has 0 amide bonds. The molecule has 0 aromatic rings. The second-order valence-corrected chi connectivity index (χ2v) is 3.15. The number of carboxylic acid groups (broad SMARTS) is 1. The monoisotopic (exact) mass is 189 g/mol. The molecule has 0 saturated carbocycles. The highest BCUT2D eigenvalue weighted by Gasteiger charge is 2.32. The van der Waals surface area contributed by atoms with Gasteiger partial charge in [0.15, 0.2) is 0 Å². The van der Waals surface area contributed by atoms with E-state index in [4.69, 9.17) is 9.84 Å². The fourth-order valence-electron chi connectivity index (χ4n) is 1.53. The van der Waals surface area contributed by atoms with Gasteiger partial charge in [-0.3, -0.25) is 9.69 Å². The first-order valence-corrected chi connectivity index (χ1v) is 4.37. The second-order valence-electron chi connectivity index (χ2n) is 3.15. The number of nitrogens with zero attached hydrogens (tertiary/aromatic N) is 1. The molecular weight excluding hydrogens is 174 g/mol. The molecule has 5 heteroatoms. The van der Waals surface area contributed by atoms with Crippen LogP contribution in [0.3, 0.4) is 0 Å². The van der Waals surface area contributed by atoms with E-state index in [1.54, 1.807) is 4.90 Å². The van der Waals surface area contributed by atoms with Crippen LogP contribution in [-0.4, -0.2) is 59.5 Å². The zero-order chi connectivity index (χ0) is 9.84. The molecule has 1 saturated heterocycles. The second kappa shape index (κ2) is 4.55. The number of carboxylic acids is 1. The van der Waals surface area contributed by atoms with Crippen molar-refractivity contribution in [2.24, 2.45) is 0 Å². The van der Waals surface area contributed by atoms with Crippen LogP contribution in [0.15, 0.2) is 0 Å². The minimum absolute atomic E-state index is 0.0271. The van der Waals surface area contributed by atoms with Gasteiger partial charge in [-0.1, -0.05) is 0 Å². The molecule has 1 heterocycles. The number of hydrogen-bond donors (Lipinski definition) is 2. The minimum atomic E-state index is -0.871. The molecule has 1 fully saturated rings. The van der Waals surface area contributed by atoms with Gasteiger partial charge in [-0.25, -0.2) is 0 Å². The number of aliphatic hydroxyl groups is 1. The number of hydrogen-bond acceptors (Lipinski definition) is 4. The molecule has 0 aromatic heterocycles. The van der Waals surface area contributed by atoms with Gasteiger partial charge in [-0.2, -0.15) is 0 Å². The van der Waals surface area contributed by atoms with Crippen molar-refractivity contribution in [2.45, 2.75) is 19.1 Å². The molecule has 0 bridgehead atoms. The average molecular weight is 189 g/mol. The summed E-state index contributed by atoms with van der Waals surface area (Å²) < 4.78 is 5.24. The number of likely N-dealkylation sites (tertiary alicyclic amines) is 1. The Hall–Kier alpha value is -0.650. The third kappa shape index (κ3) is 2.95. The molecule has 13 heavy (non-hydrogen) atoms. The Morgan fingerprint density at radius 1 is 1.62 bits per heavy atom. The van der Waals surface area contributed by atoms with Crippen LogP contribution < -0.4 is 0 Å². The van der Waals surface area contributed by atoms with E-state index in [1.165, 1.54) is 0 Å². The minimum Gasteiger partial charge on any atom is -0.480 e. The number of β-amino-alcohol motifs (C(OH)–C–C–N with tert-alkyl or cyclic N) is 1. The average Bonchev–Trinajstić information content (AvgIpc) is 2.31. The topological polar surface area (TPSA) is 70.0 Å². The van der Waals surface area contributed by atoms with Crippen molar-refractivity contribution in [3.8, 4) is 0 Å². The maximum atomic E-state index is 10.4. The summed E-state index contributed by atoms with van der Waals surface area (Å²) >= 11 is 0. The SMILES string of the molecule is CCO[C@@H]1CN(CC(=O)O)C[C@H]1O. The maximum absolute atomic E-state index is 10.4. The summed E-state index contributed by atoms with van der Waals surface area (Å²) in [5, 5.41) is 18.0. The van der Waals surface area contributed by atoms with Crippen LogP contribution in [0.25, 0.3) is 0 Å². The molecule has 0 spiro atoms. The van der Waals surface area contributed by atoms with Crippen molar-refractivity contribution < 1.29 is 19.7 Å². The Bertz CT molecular complexity index is 185. The predicted molar refractivity (Wildman–Crippen MR) is 45.5 cm³/mol. The van der Waals surface area contributed by atoms with Crippen molar-refractivity contribution in [2.75, 3.05) is 26.2 Å². The van der Waals surface area contributed by atoms with Crippen LogP contribution in [0.2, 0.25) is 0 Å². The van der Waals surface area contributed by atoms with E-state index >= 15 is 0 Å². The summed E-state index contributed by atoms with van der Waals surface area (Å²) in [6.07, 6.45) is -0.788. The van der Waals surface area contributed by atoms with Gasteiger partial charge < -0.3 is 14.9 Å². The summed E-state index contributed by atoms with van der Waals surface area (Å²) in [5.41, 5.74) is 0. The summed E-state index contributed by atoms with van der Waals surface area (Å²) in [7, 11) is 0. The molecule has 1 aliphatic heterocycles. The standard InChI is InChI=1S/C8H15NO4/c1-2-13-7-4-9(3-6(7)10)5-8(11)12/h6-7,10H,2-5H2,1H3,(H,11,12)/t6-,7-/m1/s1. The van der Waals surface area contributed by atoms with Crippen molar-refractivity contribution in [3.63, 3.8) is 0 Å². The number of aliphatic hydroxyl groups excluding tert-OH is 1. The van der Waals surface area contributed by atoms with Crippen molar-refractivity contribution >= 4 is 5.97 Å². The molecule has 0 aliphatic carbocycles. The predicted octanol–water partition coefficient (Wildman–Crippen LogP) is -0.847. The van der Waals surface area contributed by atoms with E-state index in [0.717, 1.165) is 0 Å². The molecule has 2 atom stereocenters. The van der Waals surface area contributed by atoms with E-state index < -0.39 is 12.1 Å². The molecule has 1 rings (SSSR count). The van der Waals surface area contributed by atoms with Gasteiger partial charge in [0.1, 0.15) is 0 Å². The first-order valence-electron chi connectivity index (χ1n) is 4.37. The molecule has 0 radical (unpaired) electrons. The Labute approximate surface area is 76.9 Å². The van der Waals surface area contributed by atoms with Crippen LogP contribution in [0.1, 0.15) is 6.92 Å². The van der Waals surface area contributed by atoms with E-state index in [9.17, 15) is 9.90 Å². The largest absolute Gasteiger partial charge is 0.480 e. The van der Waals surface area contributed by atoms with Crippen LogP contribution in [0.4, 0.5) is 0 Å². The van der Waals surface area contributed by atoms with Gasteiger partial charge in [0, 0.05) is 19.7 Å². The lowest BCUT2D eigenvalue weighted by atomic mass is 10.3. The Kier molecular flexibility index (Phi) is 3.65. The molecule has 76 valence electrons. The third-order valence-electron chi connectivity index (χ3n) is 2.05. The highest BCUT2D eigenvalue weighted by molar-refractivity contribution is 5.69. The maximum Gasteiger partial charge on any atom is 0.317 e. The molecule has 0 aromatic carbocycles. The first-order chi connectivity index (χ1) is 6.13. The van der Waals surface area contributed by atoms with Gasteiger partial charge in [-0.15, -0.1) is 0 Å². The van der Waals surface area contributed by atoms with Gasteiger partial charge in [0.2, 0.25) is 0 Å². The van der Waals surface area contributed by atoms with Crippen LogP contribution >= 0.6 is 0 Å². The molecular formula is C8H15NO4. The molecule has 2 N–H and O–H groups in total. The smallest absolute Gasteiger partial charge is 0.317 e. The zero-order valence-corrected chi connectivity index (χ0v) is 7.64. The summed E-state index contributed by atoms with van der Waals surface area (Å²) in [5.74, 6) is -0.871. The summed E-state index contributed by atoms with van der Waals surface area (Å²) in [4.78, 5) is 12.0. The summed E-state index contributed by atoms with van der Waals surface area (Å²) in [6, 6.07) is 0. The van der Waals surface area contributed by atoms with Crippen molar-refractivity contribution in [3.05, 3.63) is 0 Å². The van der Waals surface area contributed by atoms with Gasteiger partial charge in [0.25, 0.3) is 0 Å². The lowest BCUT2D eigenvalue weighted by Gasteiger charge is -2.13. The normalized spacial score (nSPS) is 29.4. The fourth-order valence-corrected chi connectivity index (χ4v) is 1.53.